The van der Waals surface area contributed by atoms with Crippen LogP contribution >= 0.6 is 15.9 Å². The number of benzene rings is 3. The predicted octanol–water partition coefficient (Wildman–Crippen LogP) is 4.17. The van der Waals surface area contributed by atoms with Gasteiger partial charge in [0.1, 0.15) is 10.8 Å². The maximum absolute atomic E-state index is 14.3. The predicted molar refractivity (Wildman–Crippen MR) is 124 cm³/mol. The van der Waals surface area contributed by atoms with E-state index in [4.69, 9.17) is 0 Å². The molecular weight excluding hydrogens is 480 g/mol. The Labute approximate surface area is 198 Å². The zero-order chi connectivity index (χ0) is 23.0. The van der Waals surface area contributed by atoms with Crippen molar-refractivity contribution in [2.24, 2.45) is 5.41 Å². The minimum atomic E-state index is -1.88. The van der Waals surface area contributed by atoms with Crippen LogP contribution < -0.4 is 10.2 Å². The number of carbonyl (C=O) groups excluding carboxylic acids is 2. The lowest BCUT2D eigenvalue weighted by molar-refractivity contribution is -0.124. The molecule has 2 atom stereocenters. The molecule has 0 unspecified atom stereocenters. The van der Waals surface area contributed by atoms with E-state index in [-0.39, 0.29) is 6.54 Å². The van der Waals surface area contributed by atoms with Crippen molar-refractivity contribution >= 4 is 39.1 Å². The summed E-state index contributed by atoms with van der Waals surface area (Å²) in [7, 11) is 0. The molecule has 3 aromatic rings. The number of nitrogens with one attached hydrogen (secondary N) is 1. The number of halogens is 1. The van der Waals surface area contributed by atoms with Crippen molar-refractivity contribution in [3.05, 3.63) is 94.0 Å². The third-order valence-electron chi connectivity index (χ3n) is 7.28. The van der Waals surface area contributed by atoms with Gasteiger partial charge in [0.2, 0.25) is 11.8 Å². The van der Waals surface area contributed by atoms with Gasteiger partial charge in [-0.2, -0.15) is 10.5 Å². The smallest absolute Gasteiger partial charge is 0.242 e. The molecule has 2 spiro atoms. The maximum atomic E-state index is 14.3. The number of anilines is 2. The van der Waals surface area contributed by atoms with Gasteiger partial charge in [0.15, 0.2) is 5.41 Å². The van der Waals surface area contributed by atoms with Crippen LogP contribution in [0.2, 0.25) is 0 Å². The lowest BCUT2D eigenvalue weighted by Crippen LogP contribution is -2.38. The third kappa shape index (κ3) is 1.94. The average Bonchev–Trinajstić information content (AvgIpc) is 3.16. The van der Waals surface area contributed by atoms with E-state index >= 15 is 0 Å². The Morgan fingerprint density at radius 2 is 1.58 bits per heavy atom. The number of fused-ring (bicyclic) bond motifs is 5. The molecule has 2 amide bonds. The molecule has 6 nitrogen and oxygen atoms in total. The fourth-order valence-electron chi connectivity index (χ4n) is 6.04. The van der Waals surface area contributed by atoms with Gasteiger partial charge in [0, 0.05) is 15.8 Å². The van der Waals surface area contributed by atoms with Crippen LogP contribution in [0.5, 0.6) is 0 Å². The van der Waals surface area contributed by atoms with Gasteiger partial charge in [-0.05, 0) is 41.0 Å². The summed E-state index contributed by atoms with van der Waals surface area (Å²) in [5, 5.41) is 23.6. The summed E-state index contributed by atoms with van der Waals surface area (Å²) < 4.78 is 0.702. The van der Waals surface area contributed by atoms with Crippen molar-refractivity contribution in [2.75, 3.05) is 10.2 Å². The van der Waals surface area contributed by atoms with Gasteiger partial charge in [-0.3, -0.25) is 9.59 Å². The van der Waals surface area contributed by atoms with E-state index in [0.717, 1.165) is 5.56 Å². The monoisotopic (exact) mass is 494 g/mol. The lowest BCUT2D eigenvalue weighted by atomic mass is 9.83. The van der Waals surface area contributed by atoms with Gasteiger partial charge in [-0.15, -0.1) is 0 Å². The summed E-state index contributed by atoms with van der Waals surface area (Å²) in [5.41, 5.74) is -2.08. The molecule has 1 fully saturated rings. The maximum Gasteiger partial charge on any atom is 0.242 e. The quantitative estimate of drug-likeness (QED) is 0.577. The Bertz CT molecular complexity index is 1460. The number of nitriles is 2. The first-order valence-corrected chi connectivity index (χ1v) is 11.2. The summed E-state index contributed by atoms with van der Waals surface area (Å²) in [6, 6.07) is 26.2. The number of amides is 2. The second-order valence-electron chi connectivity index (χ2n) is 8.51. The molecule has 1 saturated carbocycles. The summed E-state index contributed by atoms with van der Waals surface area (Å²) in [4.78, 5) is 29.6. The minimum absolute atomic E-state index is 0.266. The topological polar surface area (TPSA) is 97.0 Å². The van der Waals surface area contributed by atoms with E-state index in [1.54, 1.807) is 41.3 Å². The van der Waals surface area contributed by atoms with Crippen LogP contribution in [0, 0.1) is 28.1 Å². The number of hydrogen-bond acceptors (Lipinski definition) is 4. The van der Waals surface area contributed by atoms with Crippen LogP contribution in [0.3, 0.4) is 0 Å². The van der Waals surface area contributed by atoms with E-state index < -0.39 is 28.1 Å². The second-order valence-corrected chi connectivity index (χ2v) is 9.43. The third-order valence-corrected chi connectivity index (χ3v) is 7.78. The van der Waals surface area contributed by atoms with Gasteiger partial charge in [-0.1, -0.05) is 64.5 Å². The SMILES string of the molecule is N#CC1(C#N)[C@@]2(C(=O)Nc3ccccc32)[C@]12C(=O)N(Cc1ccccc1)c1ccc(Br)cc12. The van der Waals surface area contributed by atoms with Crippen molar-refractivity contribution in [3.8, 4) is 12.1 Å². The number of rotatable bonds is 2. The van der Waals surface area contributed by atoms with Gasteiger partial charge in [0.05, 0.1) is 18.7 Å². The normalized spacial score (nSPS) is 25.4. The van der Waals surface area contributed by atoms with Crippen LogP contribution in [0.4, 0.5) is 11.4 Å². The molecule has 3 aliphatic rings. The van der Waals surface area contributed by atoms with Crippen molar-refractivity contribution in [1.29, 1.82) is 10.5 Å². The van der Waals surface area contributed by atoms with Gasteiger partial charge >= 0.3 is 0 Å². The number of nitrogens with zero attached hydrogens (tertiary/aromatic N) is 3. The molecule has 2 heterocycles. The fraction of sp³-hybridized carbons (Fsp3) is 0.154. The number of para-hydroxylation sites is 1. The van der Waals surface area contributed by atoms with Gasteiger partial charge in [0.25, 0.3) is 0 Å². The molecule has 33 heavy (non-hydrogen) atoms. The van der Waals surface area contributed by atoms with Crippen molar-refractivity contribution < 1.29 is 9.59 Å². The molecule has 0 aromatic heterocycles. The Balaban J connectivity index is 1.67. The highest BCUT2D eigenvalue weighted by Gasteiger charge is 3.00. The number of hydrogen-bond donors (Lipinski definition) is 1. The highest BCUT2D eigenvalue weighted by atomic mass is 79.9. The Morgan fingerprint density at radius 3 is 2.30 bits per heavy atom. The summed E-state index contributed by atoms with van der Waals surface area (Å²) in [6.07, 6.45) is 0. The van der Waals surface area contributed by atoms with E-state index in [1.807, 2.05) is 36.4 Å². The van der Waals surface area contributed by atoms with Crippen LogP contribution in [0.15, 0.2) is 77.3 Å². The van der Waals surface area contributed by atoms with Crippen molar-refractivity contribution in [1.82, 2.24) is 0 Å². The zero-order valence-electron chi connectivity index (χ0n) is 17.2. The molecule has 0 bridgehead atoms. The molecule has 0 radical (unpaired) electrons. The minimum Gasteiger partial charge on any atom is -0.325 e. The molecule has 158 valence electrons. The molecule has 1 N–H and O–H groups in total. The first kappa shape index (κ1) is 19.7. The van der Waals surface area contributed by atoms with Crippen LogP contribution in [-0.2, 0) is 27.0 Å². The second kappa shape index (κ2) is 6.31. The molecule has 7 heteroatoms. The van der Waals surface area contributed by atoms with Crippen LogP contribution in [-0.4, -0.2) is 11.8 Å². The van der Waals surface area contributed by atoms with E-state index in [2.05, 4.69) is 33.4 Å². The lowest BCUT2D eigenvalue weighted by Gasteiger charge is -2.19. The Morgan fingerprint density at radius 1 is 0.879 bits per heavy atom. The van der Waals surface area contributed by atoms with Gasteiger partial charge < -0.3 is 10.2 Å². The van der Waals surface area contributed by atoms with Crippen LogP contribution in [0.25, 0.3) is 0 Å². The molecule has 2 aliphatic heterocycles. The number of carbonyl (C=O) groups is 2. The largest absolute Gasteiger partial charge is 0.325 e. The Kier molecular flexibility index (Phi) is 3.77. The van der Waals surface area contributed by atoms with Crippen molar-refractivity contribution in [2.45, 2.75) is 17.4 Å². The Hall–Kier alpha value is -3.94. The summed E-state index contributed by atoms with van der Waals surface area (Å²) in [6.45, 7) is 0.266. The fourth-order valence-corrected chi connectivity index (χ4v) is 6.40. The standard InChI is InChI=1S/C26H15BrN4O2/c27-17-10-11-21-19(12-17)26(23(33)31(21)13-16-6-2-1-3-7-16)24(14-28,15-29)25(26)18-8-4-5-9-20(18)30-22(25)32/h1-12H,13H2,(H,30,32)/t25-,26-/m1/s1. The summed E-state index contributed by atoms with van der Waals surface area (Å²) >= 11 is 3.48. The molecular formula is C26H15BrN4O2. The van der Waals surface area contributed by atoms with E-state index in [1.165, 1.54) is 0 Å². The molecule has 1 aliphatic carbocycles. The molecule has 3 aromatic carbocycles. The van der Waals surface area contributed by atoms with Crippen LogP contribution in [0.1, 0.15) is 16.7 Å². The van der Waals surface area contributed by atoms with E-state index in [9.17, 15) is 20.1 Å². The van der Waals surface area contributed by atoms with E-state index in [0.29, 0.717) is 27.0 Å². The summed E-state index contributed by atoms with van der Waals surface area (Å²) in [5.74, 6) is -0.901. The van der Waals surface area contributed by atoms with Gasteiger partial charge in [-0.25, -0.2) is 0 Å². The molecule has 0 saturated heterocycles. The van der Waals surface area contributed by atoms with Crippen molar-refractivity contribution in [3.63, 3.8) is 0 Å². The first-order chi connectivity index (χ1) is 16.0. The molecule has 6 rings (SSSR count). The highest BCUT2D eigenvalue weighted by Crippen LogP contribution is 2.83. The zero-order valence-corrected chi connectivity index (χ0v) is 18.8. The average molecular weight is 495 g/mol. The highest BCUT2D eigenvalue weighted by molar-refractivity contribution is 9.10. The first-order valence-electron chi connectivity index (χ1n) is 10.4.